The molecule has 2 aromatic heterocycles. The normalized spacial score (nSPS) is 10.8. The molecule has 0 aliphatic rings. The van der Waals surface area contributed by atoms with E-state index in [1.807, 2.05) is 42.5 Å². The van der Waals surface area contributed by atoms with Crippen molar-refractivity contribution in [1.82, 2.24) is 9.97 Å². The van der Waals surface area contributed by atoms with E-state index in [1.165, 1.54) is 11.3 Å². The van der Waals surface area contributed by atoms with Crippen LogP contribution in [0.25, 0.3) is 10.2 Å². The number of anilines is 1. The van der Waals surface area contributed by atoms with Crippen LogP contribution in [0.2, 0.25) is 0 Å². The molecule has 4 aromatic rings. The number of pyridine rings is 1. The number of ether oxygens (including phenoxy) is 3. The van der Waals surface area contributed by atoms with E-state index in [2.05, 4.69) is 11.9 Å². The monoisotopic (exact) mass is 477 g/mol. The van der Waals surface area contributed by atoms with Crippen molar-refractivity contribution >= 4 is 32.6 Å². The van der Waals surface area contributed by atoms with Crippen molar-refractivity contribution < 1.29 is 19.0 Å². The molecule has 7 nitrogen and oxygen atoms in total. The summed E-state index contributed by atoms with van der Waals surface area (Å²) in [5.41, 5.74) is 1.95. The molecule has 0 bridgehead atoms. The van der Waals surface area contributed by atoms with Gasteiger partial charge in [0.1, 0.15) is 27.5 Å². The van der Waals surface area contributed by atoms with Gasteiger partial charge >= 0.3 is 0 Å². The van der Waals surface area contributed by atoms with Crippen LogP contribution < -0.4 is 19.1 Å². The van der Waals surface area contributed by atoms with Gasteiger partial charge in [0, 0.05) is 11.8 Å². The zero-order chi connectivity index (χ0) is 23.9. The number of carbonyl (C=O) groups is 1. The molecule has 0 aliphatic carbocycles. The number of nitrogens with zero attached hydrogens (tertiary/aromatic N) is 3. The Bertz CT molecular complexity index is 1200. The van der Waals surface area contributed by atoms with Crippen LogP contribution in [0.15, 0.2) is 60.8 Å². The summed E-state index contributed by atoms with van der Waals surface area (Å²) in [5, 5.41) is 0.539. The van der Waals surface area contributed by atoms with Crippen molar-refractivity contribution in [3.05, 3.63) is 72.1 Å². The fraction of sp³-hybridized carbons (Fsp3) is 0.269. The Labute approximate surface area is 202 Å². The van der Waals surface area contributed by atoms with E-state index in [-0.39, 0.29) is 12.5 Å². The lowest BCUT2D eigenvalue weighted by molar-refractivity contribution is 0.0984. The average molecular weight is 478 g/mol. The van der Waals surface area contributed by atoms with Gasteiger partial charge in [0.05, 0.1) is 33.1 Å². The Hall–Kier alpha value is -3.65. The molecule has 0 atom stereocenters. The van der Waals surface area contributed by atoms with Gasteiger partial charge in [0.15, 0.2) is 5.13 Å². The van der Waals surface area contributed by atoms with Crippen molar-refractivity contribution in [3.63, 3.8) is 0 Å². The summed E-state index contributed by atoms with van der Waals surface area (Å²) in [5.74, 6) is 1.87. The molecule has 0 spiro atoms. The molecule has 176 valence electrons. The molecule has 0 saturated carbocycles. The van der Waals surface area contributed by atoms with Crippen LogP contribution in [0.1, 0.15) is 35.8 Å². The quantitative estimate of drug-likeness (QED) is 0.271. The van der Waals surface area contributed by atoms with Crippen LogP contribution in [0.4, 0.5) is 5.13 Å². The summed E-state index contributed by atoms with van der Waals surface area (Å²) in [7, 11) is 3.21. The van der Waals surface area contributed by atoms with Gasteiger partial charge < -0.3 is 14.2 Å². The first-order valence-electron chi connectivity index (χ1n) is 11.1. The number of benzene rings is 2. The lowest BCUT2D eigenvalue weighted by Crippen LogP contribution is -2.30. The molecule has 8 heteroatoms. The molecule has 2 heterocycles. The van der Waals surface area contributed by atoms with Crippen molar-refractivity contribution in [2.75, 3.05) is 25.7 Å². The summed E-state index contributed by atoms with van der Waals surface area (Å²) in [6, 6.07) is 16.5. The van der Waals surface area contributed by atoms with Crippen LogP contribution in [0.5, 0.6) is 17.2 Å². The van der Waals surface area contributed by atoms with Crippen LogP contribution in [0, 0.1) is 0 Å². The van der Waals surface area contributed by atoms with E-state index in [4.69, 9.17) is 19.2 Å². The number of methoxy groups -OCH3 is 2. The molecular weight excluding hydrogens is 450 g/mol. The first-order chi connectivity index (χ1) is 16.6. The van der Waals surface area contributed by atoms with Gasteiger partial charge in [-0.25, -0.2) is 4.98 Å². The van der Waals surface area contributed by atoms with Gasteiger partial charge in [-0.05, 0) is 55.0 Å². The molecule has 4 rings (SSSR count). The van der Waals surface area contributed by atoms with Gasteiger partial charge in [-0.1, -0.05) is 30.7 Å². The molecule has 0 unspecified atom stereocenters. The van der Waals surface area contributed by atoms with Gasteiger partial charge in [-0.15, -0.1) is 0 Å². The fourth-order valence-electron chi connectivity index (χ4n) is 3.45. The summed E-state index contributed by atoms with van der Waals surface area (Å²) in [6.45, 7) is 3.05. The van der Waals surface area contributed by atoms with Gasteiger partial charge in [-0.2, -0.15) is 0 Å². The summed E-state index contributed by atoms with van der Waals surface area (Å²) >= 11 is 1.38. The van der Waals surface area contributed by atoms with E-state index >= 15 is 0 Å². The second-order valence-corrected chi connectivity index (χ2v) is 8.56. The third kappa shape index (κ3) is 5.12. The SMILES string of the molecule is CCCCOc1ccc(C(=O)N(Cc2ccccn2)c2nc3c(OC)ccc(OC)c3s2)cc1. The maximum Gasteiger partial charge on any atom is 0.260 e. The van der Waals surface area contributed by atoms with Crippen LogP contribution in [0.3, 0.4) is 0 Å². The maximum atomic E-state index is 13.7. The largest absolute Gasteiger partial charge is 0.495 e. The number of unbranched alkanes of at least 4 members (excludes halogenated alkanes) is 1. The van der Waals surface area contributed by atoms with Crippen LogP contribution in [-0.2, 0) is 6.54 Å². The third-order valence-corrected chi connectivity index (χ3v) is 6.38. The Kier molecular flexibility index (Phi) is 7.59. The maximum absolute atomic E-state index is 13.7. The Morgan fingerprint density at radius 2 is 1.76 bits per heavy atom. The minimum atomic E-state index is -0.178. The number of thiazole rings is 1. The number of fused-ring (bicyclic) bond motifs is 1. The lowest BCUT2D eigenvalue weighted by atomic mass is 10.2. The zero-order valence-corrected chi connectivity index (χ0v) is 20.3. The predicted octanol–water partition coefficient (Wildman–Crippen LogP) is 5.73. The van der Waals surface area contributed by atoms with E-state index in [9.17, 15) is 4.79 Å². The Morgan fingerprint density at radius 3 is 2.44 bits per heavy atom. The Morgan fingerprint density at radius 1 is 1.00 bits per heavy atom. The topological polar surface area (TPSA) is 73.8 Å². The highest BCUT2D eigenvalue weighted by Gasteiger charge is 2.24. The van der Waals surface area contributed by atoms with Crippen molar-refractivity contribution in [2.24, 2.45) is 0 Å². The highest BCUT2D eigenvalue weighted by atomic mass is 32.1. The molecule has 2 aromatic carbocycles. The second kappa shape index (κ2) is 11.0. The number of hydrogen-bond donors (Lipinski definition) is 0. The molecule has 0 aliphatic heterocycles. The number of carbonyl (C=O) groups excluding carboxylic acids is 1. The molecule has 0 radical (unpaired) electrons. The van der Waals surface area contributed by atoms with Gasteiger partial charge in [0.2, 0.25) is 0 Å². The Balaban J connectivity index is 1.71. The van der Waals surface area contributed by atoms with Gasteiger partial charge in [0.25, 0.3) is 5.91 Å². The first-order valence-corrected chi connectivity index (χ1v) is 11.9. The zero-order valence-electron chi connectivity index (χ0n) is 19.5. The minimum Gasteiger partial charge on any atom is -0.495 e. The van der Waals surface area contributed by atoms with Crippen molar-refractivity contribution in [3.8, 4) is 17.2 Å². The standard InChI is InChI=1S/C26H27N3O4S/c1-4-5-16-33-20-11-9-18(10-12-20)25(30)29(17-19-8-6-7-15-27-19)26-28-23-21(31-2)13-14-22(32-3)24(23)34-26/h6-15H,4-5,16-17H2,1-3H3. The smallest absolute Gasteiger partial charge is 0.260 e. The average Bonchev–Trinajstić information content (AvgIpc) is 3.33. The third-order valence-electron chi connectivity index (χ3n) is 5.29. The van der Waals surface area contributed by atoms with Crippen molar-refractivity contribution in [2.45, 2.75) is 26.3 Å². The molecule has 0 N–H and O–H groups in total. The molecule has 34 heavy (non-hydrogen) atoms. The van der Waals surface area contributed by atoms with Crippen LogP contribution in [-0.4, -0.2) is 36.7 Å². The fourth-order valence-corrected chi connectivity index (χ4v) is 4.53. The number of aromatic nitrogens is 2. The highest BCUT2D eigenvalue weighted by molar-refractivity contribution is 7.22. The number of hydrogen-bond acceptors (Lipinski definition) is 7. The summed E-state index contributed by atoms with van der Waals surface area (Å²) in [6.07, 6.45) is 3.77. The highest BCUT2D eigenvalue weighted by Crippen LogP contribution is 2.40. The number of rotatable bonds is 10. The molecule has 1 amide bonds. The lowest BCUT2D eigenvalue weighted by Gasteiger charge is -2.20. The molecule has 0 fully saturated rings. The minimum absolute atomic E-state index is 0.178. The van der Waals surface area contributed by atoms with E-state index < -0.39 is 0 Å². The molecule has 0 saturated heterocycles. The van der Waals surface area contributed by atoms with E-state index in [0.29, 0.717) is 34.3 Å². The van der Waals surface area contributed by atoms with Crippen LogP contribution >= 0.6 is 11.3 Å². The molecular formula is C26H27N3O4S. The summed E-state index contributed by atoms with van der Waals surface area (Å²) in [4.78, 5) is 24.5. The second-order valence-electron chi connectivity index (χ2n) is 7.58. The van der Waals surface area contributed by atoms with E-state index in [0.717, 1.165) is 29.0 Å². The van der Waals surface area contributed by atoms with Gasteiger partial charge in [-0.3, -0.25) is 14.7 Å². The first kappa shape index (κ1) is 23.5. The summed E-state index contributed by atoms with van der Waals surface area (Å²) < 4.78 is 17.6. The predicted molar refractivity (Wildman–Crippen MR) is 134 cm³/mol. The number of amides is 1. The van der Waals surface area contributed by atoms with Crippen molar-refractivity contribution in [1.29, 1.82) is 0 Å². The van der Waals surface area contributed by atoms with E-state index in [1.54, 1.807) is 37.4 Å².